The lowest BCUT2D eigenvalue weighted by Crippen LogP contribution is -2.47. The molecule has 2 aromatic heterocycles. The number of nitrogens with zero attached hydrogens (tertiary/aromatic N) is 4. The molecule has 6 nitrogen and oxygen atoms in total. The Morgan fingerprint density at radius 1 is 1.03 bits per heavy atom. The van der Waals surface area contributed by atoms with Crippen LogP contribution >= 0.6 is 0 Å². The molecule has 0 saturated heterocycles. The third-order valence-electron chi connectivity index (χ3n) is 5.50. The number of rotatable bonds is 4. The maximum Gasteiger partial charge on any atom is 0.276 e. The van der Waals surface area contributed by atoms with Gasteiger partial charge in [0.15, 0.2) is 0 Å². The summed E-state index contributed by atoms with van der Waals surface area (Å²) in [5, 5.41) is 0. The molecule has 1 aliphatic rings. The highest BCUT2D eigenvalue weighted by Crippen LogP contribution is 2.26. The van der Waals surface area contributed by atoms with Gasteiger partial charge in [0.05, 0.1) is 0 Å². The molecule has 148 valence electrons. The molecule has 3 aromatic rings. The van der Waals surface area contributed by atoms with E-state index in [1.165, 1.54) is 0 Å². The fourth-order valence-corrected chi connectivity index (χ4v) is 3.94. The summed E-state index contributed by atoms with van der Waals surface area (Å²) in [7, 11) is 0. The predicted molar refractivity (Wildman–Crippen MR) is 112 cm³/mol. The van der Waals surface area contributed by atoms with Crippen LogP contribution in [0.25, 0.3) is 11.1 Å². The summed E-state index contributed by atoms with van der Waals surface area (Å²) >= 11 is 0. The van der Waals surface area contributed by atoms with Gasteiger partial charge in [-0.1, -0.05) is 24.3 Å². The van der Waals surface area contributed by atoms with E-state index in [4.69, 9.17) is 0 Å². The van der Waals surface area contributed by atoms with Crippen LogP contribution in [0.5, 0.6) is 0 Å². The van der Waals surface area contributed by atoms with Gasteiger partial charge in [0.2, 0.25) is 0 Å². The van der Waals surface area contributed by atoms with E-state index in [1.807, 2.05) is 53.6 Å². The monoisotopic (exact) mass is 388 g/mol. The van der Waals surface area contributed by atoms with Gasteiger partial charge in [0.1, 0.15) is 11.5 Å². The average molecular weight is 388 g/mol. The van der Waals surface area contributed by atoms with Crippen molar-refractivity contribution >= 4 is 5.91 Å². The summed E-state index contributed by atoms with van der Waals surface area (Å²) in [5.74, 6) is 0.542. The second-order valence-corrected chi connectivity index (χ2v) is 7.62. The van der Waals surface area contributed by atoms with Crippen LogP contribution < -0.4 is 5.56 Å². The van der Waals surface area contributed by atoms with Crippen LogP contribution in [-0.4, -0.2) is 37.9 Å². The molecule has 1 aromatic carbocycles. The molecular formula is C23H24N4O2. The molecule has 6 heteroatoms. The second kappa shape index (κ2) is 7.62. The van der Waals surface area contributed by atoms with Gasteiger partial charge in [0.25, 0.3) is 11.5 Å². The standard InChI is InChI=1S/C23H24N4O2/c1-15(2)26-12-13-27-20(25-22(28)16(3)21(27)23(26)29)14-18-6-4-5-7-19(18)17-8-10-24-11-9-17/h4-11,15H,12-14H2,1-3H3. The molecule has 29 heavy (non-hydrogen) atoms. The number of benzene rings is 1. The first kappa shape index (κ1) is 19.1. The number of amides is 1. The van der Waals surface area contributed by atoms with Crippen molar-refractivity contribution in [1.29, 1.82) is 0 Å². The van der Waals surface area contributed by atoms with Gasteiger partial charge in [-0.2, -0.15) is 4.98 Å². The molecule has 1 amide bonds. The molecule has 0 bridgehead atoms. The minimum Gasteiger partial charge on any atom is -0.333 e. The van der Waals surface area contributed by atoms with Gasteiger partial charge in [-0.05, 0) is 49.6 Å². The molecule has 0 fully saturated rings. The Balaban J connectivity index is 1.81. The quantitative estimate of drug-likeness (QED) is 0.689. The third-order valence-corrected chi connectivity index (χ3v) is 5.50. The van der Waals surface area contributed by atoms with Crippen molar-refractivity contribution in [3.05, 3.63) is 81.8 Å². The summed E-state index contributed by atoms with van der Waals surface area (Å²) in [4.78, 5) is 35.9. The van der Waals surface area contributed by atoms with E-state index in [-0.39, 0.29) is 17.5 Å². The summed E-state index contributed by atoms with van der Waals surface area (Å²) in [5.41, 5.74) is 3.76. The van der Waals surface area contributed by atoms with Gasteiger partial charge in [-0.15, -0.1) is 0 Å². The van der Waals surface area contributed by atoms with E-state index in [0.717, 1.165) is 16.7 Å². The Morgan fingerprint density at radius 2 is 1.76 bits per heavy atom. The zero-order chi connectivity index (χ0) is 20.5. The smallest absolute Gasteiger partial charge is 0.276 e. The fourth-order valence-electron chi connectivity index (χ4n) is 3.94. The van der Waals surface area contributed by atoms with Crippen LogP contribution in [0.2, 0.25) is 0 Å². The van der Waals surface area contributed by atoms with Crippen molar-refractivity contribution in [2.75, 3.05) is 6.54 Å². The van der Waals surface area contributed by atoms with Gasteiger partial charge in [-0.25, -0.2) is 0 Å². The van der Waals surface area contributed by atoms with Crippen molar-refractivity contribution in [1.82, 2.24) is 19.4 Å². The second-order valence-electron chi connectivity index (χ2n) is 7.62. The van der Waals surface area contributed by atoms with Crippen molar-refractivity contribution in [2.24, 2.45) is 0 Å². The molecule has 0 aliphatic carbocycles. The first-order valence-electron chi connectivity index (χ1n) is 9.87. The Kier molecular flexibility index (Phi) is 5.01. The number of fused-ring (bicyclic) bond motifs is 1. The van der Waals surface area contributed by atoms with E-state index in [0.29, 0.717) is 36.6 Å². The van der Waals surface area contributed by atoms with Crippen LogP contribution in [0.15, 0.2) is 53.6 Å². The van der Waals surface area contributed by atoms with Crippen molar-refractivity contribution in [2.45, 2.75) is 39.8 Å². The van der Waals surface area contributed by atoms with Crippen LogP contribution in [0.3, 0.4) is 0 Å². The lowest BCUT2D eigenvalue weighted by molar-refractivity contribution is 0.0642. The van der Waals surface area contributed by atoms with Crippen molar-refractivity contribution < 1.29 is 4.79 Å². The van der Waals surface area contributed by atoms with Gasteiger partial charge in [0, 0.05) is 43.5 Å². The molecule has 3 heterocycles. The van der Waals surface area contributed by atoms with E-state index < -0.39 is 0 Å². The van der Waals surface area contributed by atoms with E-state index in [2.05, 4.69) is 16.0 Å². The maximum atomic E-state index is 13.1. The molecule has 1 aliphatic heterocycles. The molecule has 0 unspecified atom stereocenters. The zero-order valence-electron chi connectivity index (χ0n) is 16.9. The van der Waals surface area contributed by atoms with E-state index in [1.54, 1.807) is 19.3 Å². The van der Waals surface area contributed by atoms with Gasteiger partial charge < -0.3 is 9.47 Å². The highest BCUT2D eigenvalue weighted by Gasteiger charge is 2.30. The number of aromatic nitrogens is 3. The Hall–Kier alpha value is -3.28. The SMILES string of the molecule is Cc1c2n(c(Cc3ccccc3-c3ccncc3)nc1=O)CCN(C(C)C)C2=O. The van der Waals surface area contributed by atoms with Crippen LogP contribution in [-0.2, 0) is 13.0 Å². The highest BCUT2D eigenvalue weighted by molar-refractivity contribution is 5.94. The summed E-state index contributed by atoms with van der Waals surface area (Å²) in [6.07, 6.45) is 4.01. The van der Waals surface area contributed by atoms with Gasteiger partial charge in [-0.3, -0.25) is 14.6 Å². The van der Waals surface area contributed by atoms with Crippen molar-refractivity contribution in [3.63, 3.8) is 0 Å². The fraction of sp³-hybridized carbons (Fsp3) is 0.304. The summed E-state index contributed by atoms with van der Waals surface area (Å²) < 4.78 is 1.93. The molecule has 0 saturated carbocycles. The number of pyridine rings is 1. The first-order chi connectivity index (χ1) is 14.0. The highest BCUT2D eigenvalue weighted by atomic mass is 16.2. The largest absolute Gasteiger partial charge is 0.333 e. The molecular weight excluding hydrogens is 364 g/mol. The molecule has 0 spiro atoms. The molecule has 4 rings (SSSR count). The van der Waals surface area contributed by atoms with Crippen LogP contribution in [0, 0.1) is 6.92 Å². The normalized spacial score (nSPS) is 13.7. The van der Waals surface area contributed by atoms with E-state index in [9.17, 15) is 9.59 Å². The Labute approximate surface area is 169 Å². The molecule has 0 N–H and O–H groups in total. The first-order valence-corrected chi connectivity index (χ1v) is 9.87. The lowest BCUT2D eigenvalue weighted by Gasteiger charge is -2.34. The van der Waals surface area contributed by atoms with E-state index >= 15 is 0 Å². The Bertz CT molecular complexity index is 1120. The van der Waals surface area contributed by atoms with Gasteiger partial charge >= 0.3 is 0 Å². The zero-order valence-corrected chi connectivity index (χ0v) is 16.9. The Morgan fingerprint density at radius 3 is 2.48 bits per heavy atom. The van der Waals surface area contributed by atoms with Crippen LogP contribution in [0.1, 0.15) is 41.3 Å². The summed E-state index contributed by atoms with van der Waals surface area (Å²) in [6.45, 7) is 6.94. The minimum atomic E-state index is -0.327. The number of carbonyl (C=O) groups excluding carboxylic acids is 1. The number of carbonyl (C=O) groups is 1. The third kappa shape index (κ3) is 3.46. The molecule has 0 atom stereocenters. The minimum absolute atomic E-state index is 0.0908. The lowest BCUT2D eigenvalue weighted by atomic mass is 9.98. The predicted octanol–water partition coefficient (Wildman–Crippen LogP) is 3.07. The number of hydrogen-bond donors (Lipinski definition) is 0. The maximum absolute atomic E-state index is 13.1. The molecule has 0 radical (unpaired) electrons. The number of hydrogen-bond acceptors (Lipinski definition) is 4. The topological polar surface area (TPSA) is 68.1 Å². The van der Waals surface area contributed by atoms with Crippen molar-refractivity contribution in [3.8, 4) is 11.1 Å². The van der Waals surface area contributed by atoms with Crippen LogP contribution in [0.4, 0.5) is 0 Å². The average Bonchev–Trinajstić information content (AvgIpc) is 2.72. The summed E-state index contributed by atoms with van der Waals surface area (Å²) in [6, 6.07) is 12.1.